The Balaban J connectivity index is 1.20. The molecule has 0 bridgehead atoms. The van der Waals surface area contributed by atoms with Crippen LogP contribution in [0.3, 0.4) is 0 Å². The van der Waals surface area contributed by atoms with E-state index in [4.69, 9.17) is 4.98 Å². The van der Waals surface area contributed by atoms with E-state index in [-0.39, 0.29) is 35.3 Å². The highest BCUT2D eigenvalue weighted by Crippen LogP contribution is 2.44. The number of phenolic OH excluding ortho intramolecular Hbond substituents is 1. The molecule has 0 aliphatic carbocycles. The van der Waals surface area contributed by atoms with Gasteiger partial charge in [0, 0.05) is 30.9 Å². The molecule has 0 radical (unpaired) electrons. The average molecular weight is 526 g/mol. The van der Waals surface area contributed by atoms with Crippen molar-refractivity contribution in [2.24, 2.45) is 0 Å². The standard InChI is InChI=1S/C30H35N7O2/c1-6-17-11-19(38)8-10-20(17)18-7-9-21-22(12-18)33-34-26(21)28-31-23-13-25-29(39)37-15-30(3,35(4)5)27(37)16(2)36(25)14-24(23)32-28/h7-12,16,25,27,38H,6,13-15H2,1-5H3,(H,31,32)(H,33,34)/t16?,25-,27?,30?/m0/s1. The lowest BCUT2D eigenvalue weighted by molar-refractivity contribution is -0.188. The van der Waals surface area contributed by atoms with E-state index in [1.807, 2.05) is 12.1 Å². The summed E-state index contributed by atoms with van der Waals surface area (Å²) >= 11 is 0. The van der Waals surface area contributed by atoms with Gasteiger partial charge in [-0.3, -0.25) is 14.8 Å². The van der Waals surface area contributed by atoms with E-state index in [0.717, 1.165) is 63.5 Å². The number of hydrogen-bond donors (Lipinski definition) is 3. The Kier molecular flexibility index (Phi) is 5.25. The third kappa shape index (κ3) is 3.42. The molecular weight excluding hydrogens is 490 g/mol. The van der Waals surface area contributed by atoms with Gasteiger partial charge in [0.15, 0.2) is 5.82 Å². The number of nitrogens with zero attached hydrogens (tertiary/aromatic N) is 5. The van der Waals surface area contributed by atoms with Gasteiger partial charge in [0.25, 0.3) is 0 Å². The van der Waals surface area contributed by atoms with Crippen LogP contribution in [0.25, 0.3) is 33.5 Å². The lowest BCUT2D eigenvalue weighted by atomic mass is 9.72. The van der Waals surface area contributed by atoms with Gasteiger partial charge in [-0.25, -0.2) is 4.98 Å². The number of fused-ring (bicyclic) bond motifs is 4. The second-order valence-corrected chi connectivity index (χ2v) is 11.8. The summed E-state index contributed by atoms with van der Waals surface area (Å²) in [6, 6.07) is 12.1. The van der Waals surface area contributed by atoms with Crippen molar-refractivity contribution < 1.29 is 9.90 Å². The molecule has 0 saturated carbocycles. The van der Waals surface area contributed by atoms with Gasteiger partial charge in [-0.1, -0.05) is 19.1 Å². The summed E-state index contributed by atoms with van der Waals surface area (Å²) in [5.74, 6) is 1.25. The fourth-order valence-electron chi connectivity index (χ4n) is 7.16. The van der Waals surface area contributed by atoms with Crippen LogP contribution >= 0.6 is 0 Å². The maximum absolute atomic E-state index is 13.5. The number of rotatable bonds is 4. The second kappa shape index (κ2) is 8.40. The van der Waals surface area contributed by atoms with Crippen LogP contribution in [0, 0.1) is 0 Å². The molecule has 9 nitrogen and oxygen atoms in total. The van der Waals surface area contributed by atoms with Crippen molar-refractivity contribution in [1.29, 1.82) is 0 Å². The third-order valence-electron chi connectivity index (χ3n) is 9.59. The highest BCUT2D eigenvalue weighted by molar-refractivity contribution is 5.94. The number of nitrogens with one attached hydrogen (secondary N) is 2. The highest BCUT2D eigenvalue weighted by Gasteiger charge is 2.61. The number of hydrogen-bond acceptors (Lipinski definition) is 6. The zero-order valence-corrected chi connectivity index (χ0v) is 23.1. The number of benzene rings is 2. The van der Waals surface area contributed by atoms with E-state index in [9.17, 15) is 9.90 Å². The molecule has 202 valence electrons. The molecule has 3 N–H and O–H groups in total. The van der Waals surface area contributed by atoms with Gasteiger partial charge >= 0.3 is 0 Å². The van der Waals surface area contributed by atoms with Crippen LogP contribution in [0.5, 0.6) is 5.75 Å². The van der Waals surface area contributed by atoms with Crippen LogP contribution < -0.4 is 0 Å². The molecule has 3 aliphatic heterocycles. The molecule has 2 aromatic heterocycles. The van der Waals surface area contributed by atoms with E-state index in [0.29, 0.717) is 13.0 Å². The summed E-state index contributed by atoms with van der Waals surface area (Å²) in [6.45, 7) is 8.08. The molecule has 3 unspecified atom stereocenters. The van der Waals surface area contributed by atoms with Crippen molar-refractivity contribution in [1.82, 2.24) is 34.9 Å². The molecular formula is C30H35N7O2. The van der Waals surface area contributed by atoms with Crippen molar-refractivity contribution in [2.75, 3.05) is 20.6 Å². The van der Waals surface area contributed by atoms with Gasteiger partial charge in [-0.15, -0.1) is 0 Å². The fourth-order valence-corrected chi connectivity index (χ4v) is 7.16. The van der Waals surface area contributed by atoms with E-state index in [1.54, 1.807) is 6.07 Å². The van der Waals surface area contributed by atoms with Crippen LogP contribution in [-0.2, 0) is 24.2 Å². The first kappa shape index (κ1) is 24.4. The number of phenols is 1. The number of aryl methyl sites for hydroxylation is 1. The number of carbonyl (C=O) groups excluding carboxylic acids is 1. The zero-order chi connectivity index (χ0) is 27.2. The SMILES string of the molecule is CCc1cc(O)ccc1-c1ccc2c(-c3nc4c([nH]3)CN3C(C)C5N(CC5(C)N(C)C)C(=O)[C@@H]3C4)n[nH]c2c1. The number of aromatic nitrogens is 4. The Hall–Kier alpha value is -3.69. The van der Waals surface area contributed by atoms with E-state index >= 15 is 0 Å². The first-order valence-electron chi connectivity index (χ1n) is 13.8. The van der Waals surface area contributed by atoms with Gasteiger partial charge in [-0.05, 0) is 75.3 Å². The summed E-state index contributed by atoms with van der Waals surface area (Å²) in [6.07, 6.45) is 1.45. The topological polar surface area (TPSA) is 104 Å². The molecule has 9 heteroatoms. The quantitative estimate of drug-likeness (QED) is 0.377. The van der Waals surface area contributed by atoms with Crippen molar-refractivity contribution in [3.05, 3.63) is 53.3 Å². The van der Waals surface area contributed by atoms with E-state index < -0.39 is 0 Å². The number of carbonyl (C=O) groups is 1. The Labute approximate surface area is 227 Å². The van der Waals surface area contributed by atoms with Crippen LogP contribution in [0.4, 0.5) is 0 Å². The Bertz CT molecular complexity index is 1620. The van der Waals surface area contributed by atoms with Crippen molar-refractivity contribution in [3.63, 3.8) is 0 Å². The normalized spacial score (nSPS) is 26.5. The molecule has 5 heterocycles. The Morgan fingerprint density at radius 2 is 2.03 bits per heavy atom. The summed E-state index contributed by atoms with van der Waals surface area (Å²) < 4.78 is 0. The molecule has 2 aromatic carbocycles. The van der Waals surface area contributed by atoms with Crippen molar-refractivity contribution >= 4 is 16.8 Å². The summed E-state index contributed by atoms with van der Waals surface area (Å²) in [4.78, 5) is 28.7. The predicted octanol–water partition coefficient (Wildman–Crippen LogP) is 3.55. The maximum atomic E-state index is 13.5. The molecule has 0 spiro atoms. The molecule has 39 heavy (non-hydrogen) atoms. The summed E-state index contributed by atoms with van der Waals surface area (Å²) in [5.41, 5.74) is 7.03. The van der Waals surface area contributed by atoms with Crippen LogP contribution in [0.2, 0.25) is 0 Å². The number of aromatic hydroxyl groups is 1. The van der Waals surface area contributed by atoms with Gasteiger partial charge in [-0.2, -0.15) is 5.10 Å². The van der Waals surface area contributed by atoms with Gasteiger partial charge in [0.2, 0.25) is 5.91 Å². The second-order valence-electron chi connectivity index (χ2n) is 11.8. The van der Waals surface area contributed by atoms with Crippen LogP contribution in [0.1, 0.15) is 37.7 Å². The molecule has 4 atom stereocenters. The van der Waals surface area contributed by atoms with Crippen molar-refractivity contribution in [3.8, 4) is 28.4 Å². The van der Waals surface area contributed by atoms with Gasteiger partial charge in [0.05, 0.1) is 34.5 Å². The minimum absolute atomic E-state index is 0.00961. The summed E-state index contributed by atoms with van der Waals surface area (Å²) in [5, 5.41) is 18.7. The van der Waals surface area contributed by atoms with E-state index in [1.165, 1.54) is 0 Å². The largest absolute Gasteiger partial charge is 0.508 e. The predicted molar refractivity (Wildman–Crippen MR) is 150 cm³/mol. The zero-order valence-electron chi connectivity index (χ0n) is 23.1. The number of likely N-dealkylation sites (N-methyl/N-ethyl adjacent to an activating group) is 1. The summed E-state index contributed by atoms with van der Waals surface area (Å²) in [7, 11) is 4.22. The minimum atomic E-state index is -0.164. The lowest BCUT2D eigenvalue weighted by Crippen LogP contribution is -2.84. The molecule has 1 amide bonds. The Morgan fingerprint density at radius 3 is 2.79 bits per heavy atom. The molecule has 7 rings (SSSR count). The smallest absolute Gasteiger partial charge is 0.240 e. The molecule has 2 fully saturated rings. The lowest BCUT2D eigenvalue weighted by Gasteiger charge is -2.66. The molecule has 3 aliphatic rings. The molecule has 2 saturated heterocycles. The maximum Gasteiger partial charge on any atom is 0.240 e. The fraction of sp³-hybridized carbons (Fsp3) is 0.433. The first-order chi connectivity index (χ1) is 18.7. The Morgan fingerprint density at radius 1 is 1.21 bits per heavy atom. The number of amides is 1. The van der Waals surface area contributed by atoms with E-state index in [2.05, 4.69) is 82.9 Å². The van der Waals surface area contributed by atoms with Crippen LogP contribution in [-0.4, -0.2) is 90.2 Å². The number of H-pyrrole nitrogens is 2. The average Bonchev–Trinajstić information content (AvgIpc) is 3.52. The van der Waals surface area contributed by atoms with Gasteiger partial charge < -0.3 is 19.9 Å². The monoisotopic (exact) mass is 525 g/mol. The number of piperazine rings is 1. The van der Waals surface area contributed by atoms with Gasteiger partial charge in [0.1, 0.15) is 11.4 Å². The third-order valence-corrected chi connectivity index (χ3v) is 9.59. The van der Waals surface area contributed by atoms with Crippen molar-refractivity contribution in [2.45, 2.75) is 63.8 Å². The molecule has 4 aromatic rings. The first-order valence-corrected chi connectivity index (χ1v) is 13.8. The van der Waals surface area contributed by atoms with Crippen LogP contribution in [0.15, 0.2) is 36.4 Å². The number of aromatic amines is 2. The highest BCUT2D eigenvalue weighted by atomic mass is 16.3. The minimum Gasteiger partial charge on any atom is -0.508 e. The number of imidazole rings is 1.